The highest BCUT2D eigenvalue weighted by molar-refractivity contribution is 6.01. The number of carbonyl (C=O) groups excluding carboxylic acids is 2. The zero-order valence-electron chi connectivity index (χ0n) is 17.0. The van der Waals surface area contributed by atoms with Gasteiger partial charge in [-0.25, -0.2) is 9.18 Å². The summed E-state index contributed by atoms with van der Waals surface area (Å²) in [6.07, 6.45) is 1.27. The van der Waals surface area contributed by atoms with Gasteiger partial charge < -0.3 is 14.6 Å². The van der Waals surface area contributed by atoms with Crippen molar-refractivity contribution in [3.05, 3.63) is 58.7 Å². The molecule has 1 aromatic heterocycles. The third-order valence-corrected chi connectivity index (χ3v) is 4.45. The number of amides is 1. The molecule has 0 saturated heterocycles. The molecular weight excluding hydrogens is 373 g/mol. The number of halogens is 1. The Kier molecular flexibility index (Phi) is 7.32. The SMILES string of the molecule is CCCn1c(C)cc(/C=C(\C#N)C(=O)O[C@@H](C)C(=O)Nc2cccc(F)c2)c1C. The predicted octanol–water partition coefficient (Wildman–Crippen LogP) is 4.13. The molecule has 1 N–H and O–H groups in total. The average Bonchev–Trinajstić information content (AvgIpc) is 2.93. The van der Waals surface area contributed by atoms with Crippen LogP contribution in [0.1, 0.15) is 37.2 Å². The number of anilines is 1. The van der Waals surface area contributed by atoms with E-state index < -0.39 is 23.8 Å². The molecule has 152 valence electrons. The van der Waals surface area contributed by atoms with Gasteiger partial charge in [0.15, 0.2) is 6.10 Å². The third-order valence-electron chi connectivity index (χ3n) is 4.45. The number of benzene rings is 1. The molecule has 0 aliphatic carbocycles. The van der Waals surface area contributed by atoms with Gasteiger partial charge >= 0.3 is 5.97 Å². The highest BCUT2D eigenvalue weighted by Crippen LogP contribution is 2.19. The van der Waals surface area contributed by atoms with E-state index >= 15 is 0 Å². The molecule has 0 spiro atoms. The van der Waals surface area contributed by atoms with Crippen LogP contribution in [0.15, 0.2) is 35.9 Å². The molecule has 0 unspecified atom stereocenters. The maximum atomic E-state index is 13.2. The number of hydrogen-bond acceptors (Lipinski definition) is 4. The van der Waals surface area contributed by atoms with E-state index in [0.717, 1.165) is 36.0 Å². The minimum absolute atomic E-state index is 0.202. The summed E-state index contributed by atoms with van der Waals surface area (Å²) in [4.78, 5) is 24.6. The van der Waals surface area contributed by atoms with Crippen molar-refractivity contribution in [1.82, 2.24) is 4.57 Å². The Morgan fingerprint density at radius 2 is 2.07 bits per heavy atom. The summed E-state index contributed by atoms with van der Waals surface area (Å²) in [5, 5.41) is 11.8. The standard InChI is InChI=1S/C22H24FN3O3/c1-5-9-26-14(2)10-17(15(26)3)11-18(13-24)22(28)29-16(4)21(27)25-20-8-6-7-19(23)12-20/h6-8,10-12,16H,5,9H2,1-4H3,(H,25,27)/b18-11+/t16-/m0/s1. The van der Waals surface area contributed by atoms with Gasteiger partial charge in [0, 0.05) is 23.6 Å². The van der Waals surface area contributed by atoms with Crippen LogP contribution in [0.25, 0.3) is 6.08 Å². The van der Waals surface area contributed by atoms with E-state index in [1.165, 1.54) is 31.2 Å². The Labute approximate surface area is 169 Å². The zero-order valence-corrected chi connectivity index (χ0v) is 17.0. The summed E-state index contributed by atoms with van der Waals surface area (Å²) >= 11 is 0. The number of nitrogens with one attached hydrogen (secondary N) is 1. The van der Waals surface area contributed by atoms with Crippen LogP contribution >= 0.6 is 0 Å². The second-order valence-electron chi connectivity index (χ2n) is 6.70. The summed E-state index contributed by atoms with van der Waals surface area (Å²) in [6.45, 7) is 8.18. The van der Waals surface area contributed by atoms with Crippen molar-refractivity contribution in [3.63, 3.8) is 0 Å². The fourth-order valence-electron chi connectivity index (χ4n) is 2.92. The number of aryl methyl sites for hydroxylation is 1. The van der Waals surface area contributed by atoms with Crippen molar-refractivity contribution in [1.29, 1.82) is 5.26 Å². The van der Waals surface area contributed by atoms with E-state index in [1.807, 2.05) is 26.0 Å². The molecule has 7 heteroatoms. The number of nitrogens with zero attached hydrogens (tertiary/aromatic N) is 2. The molecule has 2 aromatic rings. The molecule has 0 aliphatic heterocycles. The minimum atomic E-state index is -1.16. The van der Waals surface area contributed by atoms with Crippen LogP contribution in [-0.4, -0.2) is 22.5 Å². The number of esters is 1. The molecular formula is C22H24FN3O3. The molecule has 1 atom stereocenters. The summed E-state index contributed by atoms with van der Waals surface area (Å²) < 4.78 is 20.5. The largest absolute Gasteiger partial charge is 0.448 e. The zero-order chi connectivity index (χ0) is 21.6. The molecule has 1 amide bonds. The molecule has 6 nitrogen and oxygen atoms in total. The second-order valence-corrected chi connectivity index (χ2v) is 6.70. The average molecular weight is 397 g/mol. The second kappa shape index (κ2) is 9.69. The van der Waals surface area contributed by atoms with Crippen molar-refractivity contribution < 1.29 is 18.7 Å². The minimum Gasteiger partial charge on any atom is -0.448 e. The number of nitriles is 1. The topological polar surface area (TPSA) is 84.1 Å². The van der Waals surface area contributed by atoms with E-state index in [4.69, 9.17) is 4.74 Å². The van der Waals surface area contributed by atoms with Gasteiger partial charge in [0.2, 0.25) is 0 Å². The lowest BCUT2D eigenvalue weighted by atomic mass is 10.1. The van der Waals surface area contributed by atoms with E-state index in [0.29, 0.717) is 0 Å². The third kappa shape index (κ3) is 5.55. The van der Waals surface area contributed by atoms with E-state index in [1.54, 1.807) is 0 Å². The molecule has 2 rings (SSSR count). The number of carbonyl (C=O) groups is 2. The maximum absolute atomic E-state index is 13.2. The van der Waals surface area contributed by atoms with Gasteiger partial charge in [-0.15, -0.1) is 0 Å². The molecule has 0 fully saturated rings. The van der Waals surface area contributed by atoms with Gasteiger partial charge in [-0.1, -0.05) is 13.0 Å². The highest BCUT2D eigenvalue weighted by Gasteiger charge is 2.21. The molecule has 0 saturated carbocycles. The Morgan fingerprint density at radius 1 is 1.34 bits per heavy atom. The summed E-state index contributed by atoms with van der Waals surface area (Å²) in [7, 11) is 0. The quantitative estimate of drug-likeness (QED) is 0.432. The lowest BCUT2D eigenvalue weighted by Gasteiger charge is -2.13. The molecule has 0 radical (unpaired) electrons. The Bertz CT molecular complexity index is 986. The highest BCUT2D eigenvalue weighted by atomic mass is 19.1. The summed E-state index contributed by atoms with van der Waals surface area (Å²) in [5.74, 6) is -2.01. The number of aromatic nitrogens is 1. The first-order valence-electron chi connectivity index (χ1n) is 9.32. The first-order chi connectivity index (χ1) is 13.8. The van der Waals surface area contributed by atoms with Crippen molar-refractivity contribution in [2.75, 3.05) is 5.32 Å². The monoisotopic (exact) mass is 397 g/mol. The smallest absolute Gasteiger partial charge is 0.349 e. The van der Waals surface area contributed by atoms with Gasteiger partial charge in [-0.05, 0) is 63.1 Å². The van der Waals surface area contributed by atoms with Crippen molar-refractivity contribution in [3.8, 4) is 6.07 Å². The maximum Gasteiger partial charge on any atom is 0.349 e. The van der Waals surface area contributed by atoms with Gasteiger partial charge in [-0.3, -0.25) is 4.79 Å². The molecule has 29 heavy (non-hydrogen) atoms. The molecule has 0 aliphatic rings. The Balaban J connectivity index is 2.11. The van der Waals surface area contributed by atoms with Gasteiger partial charge in [-0.2, -0.15) is 5.26 Å². The van der Waals surface area contributed by atoms with E-state index in [2.05, 4.69) is 16.8 Å². The predicted molar refractivity (Wildman–Crippen MR) is 108 cm³/mol. The first kappa shape index (κ1) is 21.9. The fraction of sp³-hybridized carbons (Fsp3) is 0.318. The molecule has 1 aromatic carbocycles. The Morgan fingerprint density at radius 3 is 2.69 bits per heavy atom. The van der Waals surface area contributed by atoms with Crippen LogP contribution in [0.5, 0.6) is 0 Å². The van der Waals surface area contributed by atoms with Gasteiger partial charge in [0.25, 0.3) is 5.91 Å². The van der Waals surface area contributed by atoms with Crippen LogP contribution in [0.2, 0.25) is 0 Å². The van der Waals surface area contributed by atoms with Crippen LogP contribution in [0, 0.1) is 31.0 Å². The first-order valence-corrected chi connectivity index (χ1v) is 9.32. The van der Waals surface area contributed by atoms with Crippen LogP contribution in [0.4, 0.5) is 10.1 Å². The summed E-state index contributed by atoms with van der Waals surface area (Å²) in [5.41, 5.74) is 2.77. The normalized spacial score (nSPS) is 12.2. The van der Waals surface area contributed by atoms with Crippen LogP contribution < -0.4 is 5.32 Å². The summed E-state index contributed by atoms with van der Waals surface area (Å²) in [6, 6.07) is 9.10. The van der Waals surface area contributed by atoms with Gasteiger partial charge in [0.1, 0.15) is 17.5 Å². The lowest BCUT2D eigenvalue weighted by molar-refractivity contribution is -0.148. The van der Waals surface area contributed by atoms with Crippen LogP contribution in [-0.2, 0) is 20.9 Å². The lowest BCUT2D eigenvalue weighted by Crippen LogP contribution is -2.30. The van der Waals surface area contributed by atoms with Crippen molar-refractivity contribution >= 4 is 23.6 Å². The molecule has 0 bridgehead atoms. The fourth-order valence-corrected chi connectivity index (χ4v) is 2.92. The van der Waals surface area contributed by atoms with Crippen molar-refractivity contribution in [2.45, 2.75) is 46.8 Å². The van der Waals surface area contributed by atoms with E-state index in [9.17, 15) is 19.2 Å². The Hall–Kier alpha value is -3.40. The van der Waals surface area contributed by atoms with Gasteiger partial charge in [0.05, 0.1) is 0 Å². The van der Waals surface area contributed by atoms with Crippen LogP contribution in [0.3, 0.4) is 0 Å². The number of hydrogen-bond donors (Lipinski definition) is 1. The molecule has 1 heterocycles. The number of rotatable bonds is 7. The van der Waals surface area contributed by atoms with E-state index in [-0.39, 0.29) is 11.3 Å². The number of ether oxygens (including phenoxy) is 1. The van der Waals surface area contributed by atoms with Crippen molar-refractivity contribution in [2.24, 2.45) is 0 Å².